The summed E-state index contributed by atoms with van der Waals surface area (Å²) in [5.74, 6) is 5.92. The Morgan fingerprint density at radius 1 is 1.32 bits per heavy atom. The van der Waals surface area contributed by atoms with Gasteiger partial charge in [0.2, 0.25) is 0 Å². The van der Waals surface area contributed by atoms with Gasteiger partial charge in [-0.2, -0.15) is 13.2 Å². The summed E-state index contributed by atoms with van der Waals surface area (Å²) in [7, 11) is 2.82. The molecule has 3 N–H and O–H groups in total. The first kappa shape index (κ1) is 16.1. The van der Waals surface area contributed by atoms with Gasteiger partial charge in [0, 0.05) is 5.56 Å². The number of rotatable bonds is 5. The van der Waals surface area contributed by atoms with E-state index in [2.05, 4.69) is 21.4 Å². The Balaban J connectivity index is 3.21. The minimum atomic E-state index is -4.34. The Labute approximate surface area is 117 Å². The highest BCUT2D eigenvalue weighted by molar-refractivity contribution is 9.10. The summed E-state index contributed by atoms with van der Waals surface area (Å²) in [5, 5.41) is 0. The molecule has 19 heavy (non-hydrogen) atoms. The second kappa shape index (κ2) is 6.44. The molecule has 0 saturated heterocycles. The first-order valence-corrected chi connectivity index (χ1v) is 6.06. The molecule has 1 rings (SSSR count). The van der Waals surface area contributed by atoms with Crippen LogP contribution in [-0.2, 0) is 0 Å². The van der Waals surface area contributed by atoms with Gasteiger partial charge in [0.25, 0.3) is 0 Å². The van der Waals surface area contributed by atoms with Gasteiger partial charge < -0.3 is 9.47 Å². The van der Waals surface area contributed by atoms with Crippen molar-refractivity contribution in [3.8, 4) is 11.5 Å². The highest BCUT2D eigenvalue weighted by Gasteiger charge is 2.34. The Morgan fingerprint density at radius 3 is 2.37 bits per heavy atom. The second-order valence-corrected chi connectivity index (χ2v) is 4.54. The average molecular weight is 343 g/mol. The number of hydrogen-bond acceptors (Lipinski definition) is 4. The maximum Gasteiger partial charge on any atom is 0.390 e. The highest BCUT2D eigenvalue weighted by atomic mass is 79.9. The maximum atomic E-state index is 12.5. The largest absolute Gasteiger partial charge is 0.495 e. The van der Waals surface area contributed by atoms with Crippen LogP contribution in [0.2, 0.25) is 0 Å². The van der Waals surface area contributed by atoms with Gasteiger partial charge >= 0.3 is 6.18 Å². The molecule has 0 aliphatic heterocycles. The predicted octanol–water partition coefficient (Wildman–Crippen LogP) is 2.92. The van der Waals surface area contributed by atoms with E-state index in [0.29, 0.717) is 15.8 Å². The monoisotopic (exact) mass is 342 g/mol. The zero-order chi connectivity index (χ0) is 14.6. The van der Waals surface area contributed by atoms with Gasteiger partial charge in [-0.05, 0) is 28.1 Å². The number of hydrazine groups is 1. The van der Waals surface area contributed by atoms with E-state index < -0.39 is 18.6 Å². The normalized spacial score (nSPS) is 13.2. The summed E-state index contributed by atoms with van der Waals surface area (Å²) in [4.78, 5) is 0. The molecule has 0 fully saturated rings. The van der Waals surface area contributed by atoms with Crippen LogP contribution < -0.4 is 20.7 Å². The van der Waals surface area contributed by atoms with Crippen molar-refractivity contribution in [2.24, 2.45) is 5.84 Å². The number of benzene rings is 1. The maximum absolute atomic E-state index is 12.5. The van der Waals surface area contributed by atoms with Gasteiger partial charge in [0.1, 0.15) is 16.0 Å². The number of alkyl halides is 3. The first-order valence-electron chi connectivity index (χ1n) is 5.27. The molecule has 8 heteroatoms. The summed E-state index contributed by atoms with van der Waals surface area (Å²) in [6, 6.07) is 1.93. The molecular formula is C11H14BrF3N2O2. The summed E-state index contributed by atoms with van der Waals surface area (Å²) >= 11 is 3.23. The van der Waals surface area contributed by atoms with E-state index in [0.717, 1.165) is 0 Å². The average Bonchev–Trinajstić information content (AvgIpc) is 2.34. The molecule has 0 heterocycles. The lowest BCUT2D eigenvalue weighted by molar-refractivity contribution is -0.140. The highest BCUT2D eigenvalue weighted by Crippen LogP contribution is 2.41. The Bertz CT molecular complexity index is 441. The molecule has 1 unspecified atom stereocenters. The van der Waals surface area contributed by atoms with Crippen LogP contribution in [0.25, 0.3) is 0 Å². The zero-order valence-electron chi connectivity index (χ0n) is 10.3. The van der Waals surface area contributed by atoms with E-state index in [1.807, 2.05) is 0 Å². The van der Waals surface area contributed by atoms with Crippen LogP contribution in [0.3, 0.4) is 0 Å². The molecule has 0 aliphatic carbocycles. The van der Waals surface area contributed by atoms with Crippen molar-refractivity contribution < 1.29 is 22.6 Å². The minimum absolute atomic E-state index is 0.256. The van der Waals surface area contributed by atoms with Gasteiger partial charge in [-0.1, -0.05) is 0 Å². The first-order chi connectivity index (χ1) is 8.84. The molecule has 0 saturated carbocycles. The fourth-order valence-corrected chi connectivity index (χ4v) is 2.37. The zero-order valence-corrected chi connectivity index (χ0v) is 11.9. The number of hydrogen-bond donors (Lipinski definition) is 2. The molecule has 0 radical (unpaired) electrons. The van der Waals surface area contributed by atoms with Crippen LogP contribution in [0, 0.1) is 0 Å². The third-order valence-corrected chi connectivity index (χ3v) is 3.28. The predicted molar refractivity (Wildman–Crippen MR) is 68.0 cm³/mol. The van der Waals surface area contributed by atoms with Crippen LogP contribution in [0.4, 0.5) is 13.2 Å². The minimum Gasteiger partial charge on any atom is -0.495 e. The van der Waals surface area contributed by atoms with Crippen molar-refractivity contribution in [3.63, 3.8) is 0 Å². The molecule has 4 nitrogen and oxygen atoms in total. The molecule has 1 aromatic carbocycles. The number of methoxy groups -OCH3 is 2. The van der Waals surface area contributed by atoms with E-state index in [9.17, 15) is 13.2 Å². The van der Waals surface area contributed by atoms with Crippen molar-refractivity contribution in [1.29, 1.82) is 0 Å². The molecule has 1 atom stereocenters. The molecular weight excluding hydrogens is 329 g/mol. The van der Waals surface area contributed by atoms with Gasteiger partial charge in [-0.15, -0.1) is 0 Å². The van der Waals surface area contributed by atoms with E-state index in [1.165, 1.54) is 20.3 Å². The quantitative estimate of drug-likeness (QED) is 0.638. The number of ether oxygens (including phenoxy) is 2. The van der Waals surface area contributed by atoms with Gasteiger partial charge in [-0.3, -0.25) is 11.3 Å². The van der Waals surface area contributed by atoms with Crippen molar-refractivity contribution in [2.45, 2.75) is 18.6 Å². The van der Waals surface area contributed by atoms with Gasteiger partial charge in [0.15, 0.2) is 0 Å². The van der Waals surface area contributed by atoms with E-state index >= 15 is 0 Å². The van der Waals surface area contributed by atoms with Crippen LogP contribution in [0.5, 0.6) is 11.5 Å². The molecule has 0 bridgehead atoms. The molecule has 0 aliphatic rings. The number of nitrogens with two attached hydrogens (primary N) is 1. The van der Waals surface area contributed by atoms with Crippen molar-refractivity contribution in [3.05, 3.63) is 22.2 Å². The second-order valence-electron chi connectivity index (χ2n) is 3.74. The van der Waals surface area contributed by atoms with Gasteiger partial charge in [-0.25, -0.2) is 0 Å². The Morgan fingerprint density at radius 2 is 1.95 bits per heavy atom. The molecule has 0 amide bonds. The molecule has 0 spiro atoms. The summed E-state index contributed by atoms with van der Waals surface area (Å²) in [6.45, 7) is 0. The SMILES string of the molecule is COc1ccc(C(CC(F)(F)F)NN)c(OC)c1Br. The fourth-order valence-electron chi connectivity index (χ4n) is 1.68. The lowest BCUT2D eigenvalue weighted by atomic mass is 10.0. The number of nitrogens with one attached hydrogen (secondary N) is 1. The van der Waals surface area contributed by atoms with E-state index in [-0.39, 0.29) is 5.75 Å². The molecule has 0 aromatic heterocycles. The third-order valence-electron chi connectivity index (χ3n) is 2.53. The Hall–Kier alpha value is -0.990. The van der Waals surface area contributed by atoms with E-state index in [1.54, 1.807) is 6.07 Å². The smallest absolute Gasteiger partial charge is 0.390 e. The standard InChI is InChI=1S/C11H14BrF3N2O2/c1-18-8-4-3-6(10(19-2)9(8)12)7(17-16)5-11(13,14)15/h3-4,7,17H,5,16H2,1-2H3. The van der Waals surface area contributed by atoms with Crippen molar-refractivity contribution >= 4 is 15.9 Å². The fraction of sp³-hybridized carbons (Fsp3) is 0.455. The Kier molecular flexibility index (Phi) is 5.45. The molecule has 108 valence electrons. The summed E-state index contributed by atoms with van der Waals surface area (Å²) < 4.78 is 48.1. The van der Waals surface area contributed by atoms with Crippen LogP contribution in [-0.4, -0.2) is 20.4 Å². The lowest BCUT2D eigenvalue weighted by Crippen LogP contribution is -2.32. The van der Waals surface area contributed by atoms with Crippen LogP contribution in [0.15, 0.2) is 16.6 Å². The van der Waals surface area contributed by atoms with E-state index in [4.69, 9.17) is 15.3 Å². The van der Waals surface area contributed by atoms with Gasteiger partial charge in [0.05, 0.1) is 26.7 Å². The van der Waals surface area contributed by atoms with Crippen LogP contribution >= 0.6 is 15.9 Å². The topological polar surface area (TPSA) is 56.5 Å². The van der Waals surface area contributed by atoms with Crippen LogP contribution in [0.1, 0.15) is 18.0 Å². The lowest BCUT2D eigenvalue weighted by Gasteiger charge is -2.22. The molecule has 1 aromatic rings. The summed E-state index contributed by atoms with van der Waals surface area (Å²) in [5.41, 5.74) is 2.45. The van der Waals surface area contributed by atoms with Crippen molar-refractivity contribution in [1.82, 2.24) is 5.43 Å². The number of halogens is 4. The summed E-state index contributed by atoms with van der Waals surface area (Å²) in [6.07, 6.45) is -5.44. The van der Waals surface area contributed by atoms with Crippen molar-refractivity contribution in [2.75, 3.05) is 14.2 Å². The third kappa shape index (κ3) is 3.99.